The average molecular weight is 510 g/mol. The Kier molecular flexibility index (Phi) is 8.48. The van der Waals surface area contributed by atoms with Crippen LogP contribution in [0.1, 0.15) is 49.0 Å². The van der Waals surface area contributed by atoms with E-state index in [9.17, 15) is 19.5 Å². The molecule has 1 heterocycles. The number of carboxylic acids is 1. The molecule has 0 saturated carbocycles. The number of rotatable bonds is 9. The maximum absolute atomic E-state index is 12.8. The van der Waals surface area contributed by atoms with E-state index in [0.29, 0.717) is 17.8 Å². The second-order valence-corrected chi connectivity index (χ2v) is 9.57. The van der Waals surface area contributed by atoms with Crippen LogP contribution in [-0.2, 0) is 11.2 Å². The van der Waals surface area contributed by atoms with Crippen molar-refractivity contribution in [3.8, 4) is 11.1 Å². The number of ketones is 1. The van der Waals surface area contributed by atoms with Crippen molar-refractivity contribution in [2.45, 2.75) is 39.5 Å². The lowest BCUT2D eigenvalue weighted by molar-refractivity contribution is -0.141. The lowest BCUT2D eigenvalue weighted by Gasteiger charge is -2.17. The first-order chi connectivity index (χ1) is 18.3. The van der Waals surface area contributed by atoms with Gasteiger partial charge in [0.05, 0.1) is 5.92 Å². The summed E-state index contributed by atoms with van der Waals surface area (Å²) in [5.74, 6) is -1.55. The minimum absolute atomic E-state index is 0.0695. The maximum Gasteiger partial charge on any atom is 0.324 e. The molecule has 2 aromatic carbocycles. The molecule has 4 rings (SSSR count). The number of anilines is 1. The Balaban J connectivity index is 1.34. The van der Waals surface area contributed by atoms with E-state index in [-0.39, 0.29) is 18.2 Å². The maximum atomic E-state index is 12.8. The Morgan fingerprint density at radius 1 is 0.895 bits per heavy atom. The summed E-state index contributed by atoms with van der Waals surface area (Å²) >= 11 is 0. The van der Waals surface area contributed by atoms with Gasteiger partial charge < -0.3 is 10.4 Å². The molecule has 7 heteroatoms. The van der Waals surface area contributed by atoms with Crippen LogP contribution in [0, 0.1) is 5.92 Å². The fourth-order valence-electron chi connectivity index (χ4n) is 4.34. The van der Waals surface area contributed by atoms with Gasteiger partial charge in [0.25, 0.3) is 0 Å². The van der Waals surface area contributed by atoms with Gasteiger partial charge in [0.15, 0.2) is 5.78 Å². The van der Waals surface area contributed by atoms with Gasteiger partial charge in [-0.15, -0.1) is 0 Å². The number of hydrogen-bond acceptors (Lipinski definition) is 4. The summed E-state index contributed by atoms with van der Waals surface area (Å²) < 4.78 is 0. The van der Waals surface area contributed by atoms with E-state index in [2.05, 4.69) is 22.5 Å². The molecule has 0 bridgehead atoms. The third-order valence-electron chi connectivity index (χ3n) is 6.76. The van der Waals surface area contributed by atoms with Crippen molar-refractivity contribution in [2.24, 2.45) is 5.92 Å². The zero-order valence-corrected chi connectivity index (χ0v) is 21.5. The van der Waals surface area contributed by atoms with Gasteiger partial charge in [0.2, 0.25) is 0 Å². The van der Waals surface area contributed by atoms with Crippen LogP contribution in [0.25, 0.3) is 11.1 Å². The van der Waals surface area contributed by atoms with Crippen molar-refractivity contribution in [2.75, 3.05) is 5.32 Å². The number of aromatic nitrogens is 1. The van der Waals surface area contributed by atoms with Crippen LogP contribution in [0.3, 0.4) is 0 Å². The Morgan fingerprint density at radius 3 is 2.24 bits per heavy atom. The monoisotopic (exact) mass is 509 g/mol. The molecule has 1 unspecified atom stereocenters. The highest BCUT2D eigenvalue weighted by Crippen LogP contribution is 2.23. The van der Waals surface area contributed by atoms with E-state index < -0.39 is 11.9 Å². The highest BCUT2D eigenvalue weighted by atomic mass is 16.4. The zero-order valence-electron chi connectivity index (χ0n) is 21.5. The minimum atomic E-state index is -0.982. The summed E-state index contributed by atoms with van der Waals surface area (Å²) in [6.45, 7) is 4.14. The molecular formula is C31H31N3O4. The van der Waals surface area contributed by atoms with Crippen LogP contribution in [0.4, 0.5) is 10.6 Å². The SMILES string of the molecule is CC1=C(C)CCC(NC(=O)Nc2ccc(-c3ccc(C(=O)CC(Cc4ccccc4)C(=O)O)cc3)cn2)=C1. The molecule has 2 amide bonds. The molecule has 0 radical (unpaired) electrons. The molecule has 0 saturated heterocycles. The lowest BCUT2D eigenvalue weighted by Crippen LogP contribution is -2.29. The normalized spacial score (nSPS) is 13.9. The fourth-order valence-corrected chi connectivity index (χ4v) is 4.34. The Labute approximate surface area is 222 Å². The molecule has 1 aromatic heterocycles. The molecule has 0 spiro atoms. The number of hydrogen-bond donors (Lipinski definition) is 3. The molecule has 0 aliphatic heterocycles. The van der Waals surface area contributed by atoms with Crippen molar-refractivity contribution in [3.63, 3.8) is 0 Å². The van der Waals surface area contributed by atoms with Gasteiger partial charge in [0.1, 0.15) is 5.82 Å². The molecular weight excluding hydrogens is 478 g/mol. The second-order valence-electron chi connectivity index (χ2n) is 9.57. The highest BCUT2D eigenvalue weighted by Gasteiger charge is 2.22. The van der Waals surface area contributed by atoms with Gasteiger partial charge in [-0.2, -0.15) is 0 Å². The van der Waals surface area contributed by atoms with Crippen molar-refractivity contribution in [1.82, 2.24) is 10.3 Å². The molecule has 3 aromatic rings. The van der Waals surface area contributed by atoms with E-state index in [4.69, 9.17) is 0 Å². The van der Waals surface area contributed by atoms with Crippen LogP contribution in [-0.4, -0.2) is 27.9 Å². The van der Waals surface area contributed by atoms with E-state index in [1.54, 1.807) is 24.4 Å². The highest BCUT2D eigenvalue weighted by molar-refractivity contribution is 5.98. The van der Waals surface area contributed by atoms with Crippen LogP contribution >= 0.6 is 0 Å². The van der Waals surface area contributed by atoms with E-state index in [0.717, 1.165) is 35.2 Å². The number of carbonyl (C=O) groups excluding carboxylic acids is 2. The van der Waals surface area contributed by atoms with Gasteiger partial charge in [-0.3, -0.25) is 14.9 Å². The van der Waals surface area contributed by atoms with Crippen molar-refractivity contribution in [3.05, 3.63) is 107 Å². The number of aliphatic carboxylic acids is 1. The third kappa shape index (κ3) is 7.03. The number of carbonyl (C=O) groups is 3. The smallest absolute Gasteiger partial charge is 0.324 e. The predicted molar refractivity (Wildman–Crippen MR) is 148 cm³/mol. The fraction of sp³-hybridized carbons (Fsp3) is 0.226. The Hall–Kier alpha value is -4.52. The van der Waals surface area contributed by atoms with Gasteiger partial charge in [-0.25, -0.2) is 9.78 Å². The summed E-state index contributed by atoms with van der Waals surface area (Å²) in [5, 5.41) is 15.2. The Bertz CT molecular complexity index is 1370. The number of nitrogens with zero attached hydrogens (tertiary/aromatic N) is 1. The zero-order chi connectivity index (χ0) is 27.1. The van der Waals surface area contributed by atoms with Crippen LogP contribution in [0.15, 0.2) is 95.8 Å². The molecule has 1 aliphatic carbocycles. The number of allylic oxidation sites excluding steroid dienone is 4. The summed E-state index contributed by atoms with van der Waals surface area (Å²) in [6, 6.07) is 19.6. The van der Waals surface area contributed by atoms with E-state index in [1.807, 2.05) is 61.5 Å². The summed E-state index contributed by atoms with van der Waals surface area (Å²) in [7, 11) is 0. The summed E-state index contributed by atoms with van der Waals surface area (Å²) in [6.07, 6.45) is 5.61. The number of carboxylic acid groups (broad SMARTS) is 1. The lowest BCUT2D eigenvalue weighted by atomic mass is 9.92. The molecule has 3 N–H and O–H groups in total. The number of amides is 2. The molecule has 38 heavy (non-hydrogen) atoms. The number of urea groups is 1. The summed E-state index contributed by atoms with van der Waals surface area (Å²) in [5.41, 5.74) is 6.43. The number of benzene rings is 2. The van der Waals surface area contributed by atoms with Crippen LogP contribution in [0.2, 0.25) is 0 Å². The first-order valence-corrected chi connectivity index (χ1v) is 12.6. The van der Waals surface area contributed by atoms with Crippen LogP contribution < -0.4 is 10.6 Å². The van der Waals surface area contributed by atoms with Gasteiger partial charge in [-0.1, -0.05) is 65.7 Å². The molecule has 0 fully saturated rings. The minimum Gasteiger partial charge on any atom is -0.481 e. The van der Waals surface area contributed by atoms with Crippen LogP contribution in [0.5, 0.6) is 0 Å². The standard InChI is InChI=1S/C31H31N3O4/c1-20-8-14-27(16-21(20)2)33-31(38)34-29-15-13-25(19-32-29)23-9-11-24(12-10-23)28(35)18-26(30(36)37)17-22-6-4-3-5-7-22/h3-7,9-13,15-16,19,26H,8,14,17-18H2,1-2H3,(H,36,37)(H2,32,33,34,38). The quantitative estimate of drug-likeness (QED) is 0.289. The second kappa shape index (κ2) is 12.1. The Morgan fingerprint density at radius 2 is 1.61 bits per heavy atom. The van der Waals surface area contributed by atoms with Crippen molar-refractivity contribution >= 4 is 23.6 Å². The van der Waals surface area contributed by atoms with Crippen molar-refractivity contribution in [1.29, 1.82) is 0 Å². The van der Waals surface area contributed by atoms with E-state index >= 15 is 0 Å². The molecule has 7 nitrogen and oxygen atoms in total. The third-order valence-corrected chi connectivity index (χ3v) is 6.76. The first kappa shape index (κ1) is 26.5. The first-order valence-electron chi connectivity index (χ1n) is 12.6. The topological polar surface area (TPSA) is 108 Å². The molecule has 194 valence electrons. The molecule has 1 aliphatic rings. The van der Waals surface area contributed by atoms with E-state index in [1.165, 1.54) is 11.1 Å². The average Bonchev–Trinajstić information content (AvgIpc) is 2.91. The largest absolute Gasteiger partial charge is 0.481 e. The molecule has 1 atom stereocenters. The predicted octanol–water partition coefficient (Wildman–Crippen LogP) is 6.40. The summed E-state index contributed by atoms with van der Waals surface area (Å²) in [4.78, 5) is 41.2. The van der Waals surface area contributed by atoms with Gasteiger partial charge in [-0.05, 0) is 62.4 Å². The number of pyridine rings is 1. The van der Waals surface area contributed by atoms with Crippen molar-refractivity contribution < 1.29 is 19.5 Å². The number of Topliss-reactive ketones (excluding diaryl/α,β-unsaturated/α-hetero) is 1. The van der Waals surface area contributed by atoms with Gasteiger partial charge in [0, 0.05) is 29.4 Å². The number of nitrogens with one attached hydrogen (secondary N) is 2. The van der Waals surface area contributed by atoms with Gasteiger partial charge >= 0.3 is 12.0 Å².